The molecule has 1 heterocycles. The molecule has 0 fully saturated rings. The van der Waals surface area contributed by atoms with Crippen LogP contribution >= 0.6 is 0 Å². The van der Waals surface area contributed by atoms with E-state index in [9.17, 15) is 18.3 Å². The van der Waals surface area contributed by atoms with E-state index >= 15 is 0 Å². The normalized spacial score (nSPS) is 11.3. The third kappa shape index (κ3) is 4.59. The van der Waals surface area contributed by atoms with Gasteiger partial charge in [0.2, 0.25) is 15.7 Å². The Morgan fingerprint density at radius 3 is 2.28 bits per heavy atom. The number of nitrogens with zero attached hydrogens (tertiary/aromatic N) is 2. The number of carbonyl (C=O) groups is 1. The summed E-state index contributed by atoms with van der Waals surface area (Å²) >= 11 is 0. The summed E-state index contributed by atoms with van der Waals surface area (Å²) in [5.41, 5.74) is 4.07. The Kier molecular flexibility index (Phi) is 6.82. The fourth-order valence-electron chi connectivity index (χ4n) is 3.74. The minimum Gasteiger partial charge on any atom is -0.477 e. The summed E-state index contributed by atoms with van der Waals surface area (Å²) in [5.74, 6) is -1.08. The van der Waals surface area contributed by atoms with Crippen molar-refractivity contribution in [3.8, 4) is 11.1 Å². The number of aromatic nitrogens is 1. The van der Waals surface area contributed by atoms with E-state index in [1.54, 1.807) is 48.0 Å². The second kappa shape index (κ2) is 9.39. The fraction of sp³-hybridized carbons (Fsp3) is 0.250. The topological polar surface area (TPSA) is 92.8 Å². The Labute approximate surface area is 188 Å². The molecule has 0 aliphatic heterocycles. The average molecular weight is 452 g/mol. The van der Waals surface area contributed by atoms with Gasteiger partial charge in [-0.1, -0.05) is 48.9 Å². The summed E-state index contributed by atoms with van der Waals surface area (Å²) in [6.07, 6.45) is 1.02. The van der Waals surface area contributed by atoms with Crippen LogP contribution in [0.2, 0.25) is 0 Å². The van der Waals surface area contributed by atoms with Crippen LogP contribution in [-0.4, -0.2) is 30.6 Å². The van der Waals surface area contributed by atoms with Gasteiger partial charge in [0.15, 0.2) is 0 Å². The van der Waals surface area contributed by atoms with Crippen molar-refractivity contribution in [1.29, 1.82) is 0 Å². The van der Waals surface area contributed by atoms with E-state index in [2.05, 4.69) is 9.57 Å². The van der Waals surface area contributed by atoms with Crippen LogP contribution in [0.25, 0.3) is 16.0 Å². The maximum absolute atomic E-state index is 12.4. The molecule has 0 saturated heterocycles. The van der Waals surface area contributed by atoms with E-state index in [0.717, 1.165) is 11.1 Å². The largest absolute Gasteiger partial charge is 0.477 e. The smallest absolute Gasteiger partial charge is 0.351 e. The zero-order valence-electron chi connectivity index (χ0n) is 18.2. The van der Waals surface area contributed by atoms with E-state index in [1.807, 2.05) is 26.0 Å². The summed E-state index contributed by atoms with van der Waals surface area (Å²) in [7, 11) is -1.92. The molecule has 0 aliphatic rings. The number of sulfonamides is 1. The second-order valence-corrected chi connectivity index (χ2v) is 9.27. The van der Waals surface area contributed by atoms with Gasteiger partial charge in [-0.3, -0.25) is 0 Å². The van der Waals surface area contributed by atoms with Gasteiger partial charge in [-0.25, -0.2) is 22.8 Å². The molecule has 8 heteroatoms. The molecule has 0 radical (unpaired) electrons. The van der Waals surface area contributed by atoms with E-state index in [1.165, 1.54) is 0 Å². The van der Waals surface area contributed by atoms with Gasteiger partial charge in [0.05, 0.1) is 11.5 Å². The lowest BCUT2D eigenvalue weighted by Crippen LogP contribution is -2.25. The number of carboxylic acid groups (broad SMARTS) is 1. The molecular formula is C24H25N3O4S. The van der Waals surface area contributed by atoms with Crippen LogP contribution in [0.3, 0.4) is 0 Å². The number of nitrogens with one attached hydrogen (secondary N) is 1. The summed E-state index contributed by atoms with van der Waals surface area (Å²) in [6, 6.07) is 13.9. The van der Waals surface area contributed by atoms with Gasteiger partial charge in [-0.2, -0.15) is 0 Å². The maximum atomic E-state index is 12.4. The third-order valence-corrected chi connectivity index (χ3v) is 6.89. The Bertz CT molecular complexity index is 1280. The molecule has 2 N–H and O–H groups in total. The van der Waals surface area contributed by atoms with Crippen LogP contribution in [0, 0.1) is 13.5 Å². The predicted molar refractivity (Wildman–Crippen MR) is 124 cm³/mol. The van der Waals surface area contributed by atoms with Crippen LogP contribution in [0.15, 0.2) is 53.4 Å². The quantitative estimate of drug-likeness (QED) is 0.499. The average Bonchev–Trinajstić information content (AvgIpc) is 3.06. The number of rotatable bonds is 8. The maximum Gasteiger partial charge on any atom is 0.351 e. The van der Waals surface area contributed by atoms with Crippen molar-refractivity contribution >= 4 is 21.7 Å². The number of benzene rings is 2. The molecule has 3 aromatic rings. The van der Waals surface area contributed by atoms with Crippen molar-refractivity contribution in [3.05, 3.63) is 82.5 Å². The highest BCUT2D eigenvalue weighted by Gasteiger charge is 2.25. The van der Waals surface area contributed by atoms with Crippen molar-refractivity contribution in [2.45, 2.75) is 31.6 Å². The monoisotopic (exact) mass is 451 g/mol. The van der Waals surface area contributed by atoms with Gasteiger partial charge in [-0.05, 0) is 43.0 Å². The molecule has 0 amide bonds. The van der Waals surface area contributed by atoms with Crippen molar-refractivity contribution in [2.75, 3.05) is 6.54 Å². The molecule has 0 bridgehead atoms. The highest BCUT2D eigenvalue weighted by Crippen LogP contribution is 2.39. The standard InChI is InChI=1S/C24H25N3O4S/c1-5-20-22(25-3)21(23(24(28)29)27(20)4)18-10-8-17(9-11-18)14-15-26-32(30,31)19-12-6-16(2)7-13-19/h6-13,26H,5,14-15H2,1-2,4H3,(H,28,29). The molecule has 0 unspecified atom stereocenters. The first-order valence-electron chi connectivity index (χ1n) is 10.2. The molecule has 0 saturated carbocycles. The first-order valence-corrected chi connectivity index (χ1v) is 11.7. The molecule has 2 aromatic carbocycles. The Morgan fingerprint density at radius 2 is 1.75 bits per heavy atom. The van der Waals surface area contributed by atoms with E-state index in [4.69, 9.17) is 6.57 Å². The molecule has 1 aromatic heterocycles. The molecule has 0 atom stereocenters. The van der Waals surface area contributed by atoms with Crippen LogP contribution in [0.5, 0.6) is 0 Å². The van der Waals surface area contributed by atoms with E-state index < -0.39 is 16.0 Å². The Balaban J connectivity index is 1.79. The molecule has 7 nitrogen and oxygen atoms in total. The summed E-state index contributed by atoms with van der Waals surface area (Å²) in [4.78, 5) is 15.7. The van der Waals surface area contributed by atoms with Crippen molar-refractivity contribution in [3.63, 3.8) is 0 Å². The minimum atomic E-state index is -3.58. The molecule has 0 spiro atoms. The summed E-state index contributed by atoms with van der Waals surface area (Å²) in [6.45, 7) is 11.6. The van der Waals surface area contributed by atoms with Crippen LogP contribution in [0.4, 0.5) is 5.69 Å². The zero-order chi connectivity index (χ0) is 23.5. The predicted octanol–water partition coefficient (Wildman–Crippen LogP) is 4.33. The zero-order valence-corrected chi connectivity index (χ0v) is 19.0. The molecular weight excluding hydrogens is 426 g/mol. The molecule has 32 heavy (non-hydrogen) atoms. The van der Waals surface area contributed by atoms with Gasteiger partial charge < -0.3 is 9.67 Å². The highest BCUT2D eigenvalue weighted by molar-refractivity contribution is 7.89. The SMILES string of the molecule is [C-]#[N+]c1c(-c2ccc(CCNS(=O)(=O)c3ccc(C)cc3)cc2)c(C(=O)O)n(C)c1CC. The van der Waals surface area contributed by atoms with Gasteiger partial charge >= 0.3 is 5.97 Å². The number of aromatic carboxylic acids is 1. The number of hydrogen-bond acceptors (Lipinski definition) is 3. The lowest BCUT2D eigenvalue weighted by Gasteiger charge is -2.09. The van der Waals surface area contributed by atoms with Crippen molar-refractivity contribution in [2.24, 2.45) is 7.05 Å². The van der Waals surface area contributed by atoms with E-state index in [-0.39, 0.29) is 17.1 Å². The number of aryl methyl sites for hydroxylation is 1. The first kappa shape index (κ1) is 23.3. The number of hydrogen-bond donors (Lipinski definition) is 2. The Hall–Kier alpha value is -3.41. The molecule has 166 valence electrons. The lowest BCUT2D eigenvalue weighted by molar-refractivity contribution is 0.0687. The van der Waals surface area contributed by atoms with Crippen LogP contribution < -0.4 is 4.72 Å². The minimum absolute atomic E-state index is 0.0893. The van der Waals surface area contributed by atoms with Crippen molar-refractivity contribution in [1.82, 2.24) is 9.29 Å². The lowest BCUT2D eigenvalue weighted by atomic mass is 10.0. The van der Waals surface area contributed by atoms with Crippen LogP contribution in [0.1, 0.15) is 34.2 Å². The second-order valence-electron chi connectivity index (χ2n) is 7.51. The first-order chi connectivity index (χ1) is 15.2. The number of carboxylic acids is 1. The molecule has 3 rings (SSSR count). The van der Waals surface area contributed by atoms with Gasteiger partial charge in [0.25, 0.3) is 0 Å². The summed E-state index contributed by atoms with van der Waals surface area (Å²) in [5, 5.41) is 9.70. The molecule has 0 aliphatic carbocycles. The fourth-order valence-corrected chi connectivity index (χ4v) is 4.77. The van der Waals surface area contributed by atoms with Crippen LogP contribution in [-0.2, 0) is 29.9 Å². The van der Waals surface area contributed by atoms with Gasteiger partial charge in [0.1, 0.15) is 5.69 Å². The van der Waals surface area contributed by atoms with E-state index in [0.29, 0.717) is 35.3 Å². The third-order valence-electron chi connectivity index (χ3n) is 5.42. The van der Waals surface area contributed by atoms with Gasteiger partial charge in [0, 0.05) is 24.8 Å². The summed E-state index contributed by atoms with van der Waals surface area (Å²) < 4.78 is 29.0. The van der Waals surface area contributed by atoms with Gasteiger partial charge in [-0.15, -0.1) is 0 Å². The van der Waals surface area contributed by atoms with Crippen molar-refractivity contribution < 1.29 is 18.3 Å². The highest BCUT2D eigenvalue weighted by atomic mass is 32.2. The Morgan fingerprint density at radius 1 is 1.12 bits per heavy atom.